The molecule has 0 spiro atoms. The van der Waals surface area contributed by atoms with E-state index in [-0.39, 0.29) is 11.8 Å². The highest BCUT2D eigenvalue weighted by Gasteiger charge is 2.16. The Balaban J connectivity index is 4.14. The highest BCUT2D eigenvalue weighted by Crippen LogP contribution is 2.20. The zero-order chi connectivity index (χ0) is 11.3. The average Bonchev–Trinajstić information content (AvgIpc) is 2.14. The molecule has 0 aliphatic heterocycles. The van der Waals surface area contributed by atoms with Gasteiger partial charge in [0.1, 0.15) is 0 Å². The number of carbonyl (C=O) groups is 1. The van der Waals surface area contributed by atoms with Crippen LogP contribution in [0.1, 0.15) is 41.0 Å². The molecule has 0 radical (unpaired) electrons. The van der Waals surface area contributed by atoms with Crippen LogP contribution >= 0.6 is 0 Å². The molecule has 0 saturated carbocycles. The van der Waals surface area contributed by atoms with Gasteiger partial charge in [-0.3, -0.25) is 4.79 Å². The summed E-state index contributed by atoms with van der Waals surface area (Å²) in [5.41, 5.74) is 0.974. The van der Waals surface area contributed by atoms with Crippen molar-refractivity contribution >= 4 is 5.78 Å². The van der Waals surface area contributed by atoms with E-state index in [4.69, 9.17) is 0 Å². The lowest BCUT2D eigenvalue weighted by atomic mass is 9.91. The summed E-state index contributed by atoms with van der Waals surface area (Å²) < 4.78 is 0. The van der Waals surface area contributed by atoms with Gasteiger partial charge in [-0.05, 0) is 25.7 Å². The Labute approximate surface area is 87.8 Å². The van der Waals surface area contributed by atoms with Gasteiger partial charge in [0.15, 0.2) is 5.78 Å². The molecule has 0 saturated heterocycles. The Hall–Kier alpha value is -0.790. The maximum absolute atomic E-state index is 11.0. The van der Waals surface area contributed by atoms with Gasteiger partial charge in [-0.1, -0.05) is 33.8 Å². The number of rotatable bonds is 6. The van der Waals surface area contributed by atoms with Crippen molar-refractivity contribution in [1.82, 2.24) is 5.32 Å². The number of Topliss-reactive ketones (excluding diaryl/α,β-unsaturated/α-hetero) is 1. The van der Waals surface area contributed by atoms with Crippen LogP contribution in [0.25, 0.3) is 0 Å². The molecule has 3 atom stereocenters. The van der Waals surface area contributed by atoms with Crippen molar-refractivity contribution in [2.45, 2.75) is 47.1 Å². The Bertz CT molecular complexity index is 210. The molecule has 14 heavy (non-hydrogen) atoms. The second kappa shape index (κ2) is 5.84. The monoisotopic (exact) mass is 197 g/mol. The molecule has 82 valence electrons. The van der Waals surface area contributed by atoms with E-state index in [0.717, 1.165) is 12.1 Å². The fraction of sp³-hybridized carbons (Fsp3) is 0.750. The molecule has 2 heteroatoms. The minimum Gasteiger partial charge on any atom is -0.379 e. The van der Waals surface area contributed by atoms with E-state index in [1.807, 2.05) is 6.92 Å². The summed E-state index contributed by atoms with van der Waals surface area (Å²) in [5, 5.41) is 3.15. The van der Waals surface area contributed by atoms with Gasteiger partial charge in [-0.2, -0.15) is 0 Å². The van der Waals surface area contributed by atoms with Gasteiger partial charge in [-0.15, -0.1) is 0 Å². The lowest BCUT2D eigenvalue weighted by Gasteiger charge is -2.24. The van der Waals surface area contributed by atoms with Crippen molar-refractivity contribution in [3.05, 3.63) is 12.3 Å². The SMILES string of the molecule is C=C(N[C@H](C)C(C)=O)[C@@H](C)[C@@H](C)CC. The minimum absolute atomic E-state index is 0.117. The van der Waals surface area contributed by atoms with E-state index in [1.165, 1.54) is 0 Å². The van der Waals surface area contributed by atoms with E-state index in [2.05, 4.69) is 32.7 Å². The van der Waals surface area contributed by atoms with Crippen molar-refractivity contribution in [3.63, 3.8) is 0 Å². The molecule has 0 unspecified atom stereocenters. The van der Waals surface area contributed by atoms with Crippen LogP contribution in [0.5, 0.6) is 0 Å². The van der Waals surface area contributed by atoms with Crippen molar-refractivity contribution < 1.29 is 4.79 Å². The summed E-state index contributed by atoms with van der Waals surface area (Å²) >= 11 is 0. The fourth-order valence-corrected chi connectivity index (χ4v) is 1.21. The number of hydrogen-bond donors (Lipinski definition) is 1. The quantitative estimate of drug-likeness (QED) is 0.709. The van der Waals surface area contributed by atoms with Gasteiger partial charge >= 0.3 is 0 Å². The molecule has 0 heterocycles. The third-order valence-electron chi connectivity index (χ3n) is 3.06. The highest BCUT2D eigenvalue weighted by molar-refractivity contribution is 5.81. The van der Waals surface area contributed by atoms with E-state index in [0.29, 0.717) is 11.8 Å². The van der Waals surface area contributed by atoms with Gasteiger partial charge < -0.3 is 5.32 Å². The van der Waals surface area contributed by atoms with Gasteiger partial charge in [0.25, 0.3) is 0 Å². The molecule has 2 nitrogen and oxygen atoms in total. The van der Waals surface area contributed by atoms with Gasteiger partial charge in [0.2, 0.25) is 0 Å². The van der Waals surface area contributed by atoms with Crippen molar-refractivity contribution in [3.8, 4) is 0 Å². The van der Waals surface area contributed by atoms with Gasteiger partial charge in [-0.25, -0.2) is 0 Å². The Morgan fingerprint density at radius 2 is 1.86 bits per heavy atom. The third kappa shape index (κ3) is 3.95. The third-order valence-corrected chi connectivity index (χ3v) is 3.06. The normalized spacial score (nSPS) is 16.9. The van der Waals surface area contributed by atoms with E-state index < -0.39 is 0 Å². The Kier molecular flexibility index (Phi) is 5.51. The number of hydrogen-bond acceptors (Lipinski definition) is 2. The maximum atomic E-state index is 11.0. The van der Waals surface area contributed by atoms with Gasteiger partial charge in [0.05, 0.1) is 6.04 Å². The minimum atomic E-state index is -0.117. The molecule has 0 amide bonds. The van der Waals surface area contributed by atoms with E-state index >= 15 is 0 Å². The number of carbonyl (C=O) groups excluding carboxylic acids is 1. The largest absolute Gasteiger partial charge is 0.379 e. The second-order valence-electron chi connectivity index (χ2n) is 4.18. The molecule has 0 rings (SSSR count). The summed E-state index contributed by atoms with van der Waals surface area (Å²) in [6.07, 6.45) is 1.14. The summed E-state index contributed by atoms with van der Waals surface area (Å²) in [6, 6.07) is -0.117. The van der Waals surface area contributed by atoms with Crippen LogP contribution in [0.2, 0.25) is 0 Å². The van der Waals surface area contributed by atoms with Crippen molar-refractivity contribution in [2.24, 2.45) is 11.8 Å². The van der Waals surface area contributed by atoms with Crippen LogP contribution in [0.3, 0.4) is 0 Å². The smallest absolute Gasteiger partial charge is 0.151 e. The van der Waals surface area contributed by atoms with Crippen molar-refractivity contribution in [2.75, 3.05) is 0 Å². The molecular formula is C12H23NO. The summed E-state index contributed by atoms with van der Waals surface area (Å²) in [5.74, 6) is 1.18. The number of nitrogens with one attached hydrogen (secondary N) is 1. The number of allylic oxidation sites excluding steroid dienone is 1. The standard InChI is InChI=1S/C12H23NO/c1-7-8(2)9(3)10(4)13-11(5)12(6)14/h8-9,11,13H,4,7H2,1-3,5-6H3/t8-,9-,11+/m0/s1. The summed E-state index contributed by atoms with van der Waals surface area (Å²) in [4.78, 5) is 11.0. The lowest BCUT2D eigenvalue weighted by Crippen LogP contribution is -2.34. The van der Waals surface area contributed by atoms with Gasteiger partial charge in [0, 0.05) is 5.70 Å². The zero-order valence-corrected chi connectivity index (χ0v) is 10.1. The maximum Gasteiger partial charge on any atom is 0.151 e. The van der Waals surface area contributed by atoms with Crippen LogP contribution < -0.4 is 5.32 Å². The van der Waals surface area contributed by atoms with Crippen LogP contribution in [-0.2, 0) is 4.79 Å². The van der Waals surface area contributed by atoms with E-state index in [9.17, 15) is 4.79 Å². The first-order valence-electron chi connectivity index (χ1n) is 5.35. The predicted molar refractivity (Wildman–Crippen MR) is 61.0 cm³/mol. The molecular weight excluding hydrogens is 174 g/mol. The molecule has 1 N–H and O–H groups in total. The fourth-order valence-electron chi connectivity index (χ4n) is 1.21. The second-order valence-corrected chi connectivity index (χ2v) is 4.18. The van der Waals surface area contributed by atoms with Crippen LogP contribution in [0, 0.1) is 11.8 Å². The van der Waals surface area contributed by atoms with E-state index in [1.54, 1.807) is 6.92 Å². The molecule has 0 fully saturated rings. The molecule has 0 aromatic heterocycles. The first-order valence-corrected chi connectivity index (χ1v) is 5.35. The summed E-state index contributed by atoms with van der Waals surface area (Å²) in [6.45, 7) is 14.0. The number of ketones is 1. The molecule has 0 aliphatic rings. The average molecular weight is 197 g/mol. The van der Waals surface area contributed by atoms with Crippen molar-refractivity contribution in [1.29, 1.82) is 0 Å². The lowest BCUT2D eigenvalue weighted by molar-refractivity contribution is -0.118. The first kappa shape index (κ1) is 13.2. The Morgan fingerprint density at radius 3 is 2.21 bits per heavy atom. The topological polar surface area (TPSA) is 29.1 Å². The molecule has 0 aromatic carbocycles. The zero-order valence-electron chi connectivity index (χ0n) is 10.1. The van der Waals surface area contributed by atoms with Crippen LogP contribution in [0.15, 0.2) is 12.3 Å². The predicted octanol–water partition coefficient (Wildman–Crippen LogP) is 2.75. The molecule has 0 aliphatic carbocycles. The Morgan fingerprint density at radius 1 is 1.36 bits per heavy atom. The highest BCUT2D eigenvalue weighted by atomic mass is 16.1. The van der Waals surface area contributed by atoms with Crippen LogP contribution in [0.4, 0.5) is 0 Å². The molecule has 0 aromatic rings. The first-order chi connectivity index (χ1) is 6.40. The van der Waals surface area contributed by atoms with Crippen LogP contribution in [-0.4, -0.2) is 11.8 Å². The molecule has 0 bridgehead atoms. The summed E-state index contributed by atoms with van der Waals surface area (Å²) in [7, 11) is 0.